The number of nitrogens with zero attached hydrogens (tertiary/aromatic N) is 2. The molecule has 0 saturated heterocycles. The Kier molecular flexibility index (Phi) is 4.96. The molecule has 0 fully saturated rings. The Bertz CT molecular complexity index is 741. The maximum absolute atomic E-state index is 4.74. The molecule has 2 aromatic heterocycles. The standard InChI is InChI=1S/C17H18N2S3/c1-11(2)14-8-21-17(19-14)22-10-16-18-15(9-20-16)13-6-4-12(3)5-7-13/h4-9,11H,10H2,1-3H3. The molecule has 22 heavy (non-hydrogen) atoms. The van der Waals surface area contributed by atoms with Gasteiger partial charge in [-0.25, -0.2) is 9.97 Å². The highest BCUT2D eigenvalue weighted by Crippen LogP contribution is 2.31. The highest BCUT2D eigenvalue weighted by molar-refractivity contribution is 8.00. The van der Waals surface area contributed by atoms with Gasteiger partial charge in [0.15, 0.2) is 4.34 Å². The number of thioether (sulfide) groups is 1. The molecule has 0 aliphatic rings. The highest BCUT2D eigenvalue weighted by atomic mass is 32.2. The van der Waals surface area contributed by atoms with E-state index in [0.29, 0.717) is 5.92 Å². The van der Waals surface area contributed by atoms with Gasteiger partial charge in [-0.15, -0.1) is 22.7 Å². The van der Waals surface area contributed by atoms with E-state index in [1.807, 2.05) is 0 Å². The molecule has 0 aliphatic heterocycles. The van der Waals surface area contributed by atoms with Crippen LogP contribution in [0.3, 0.4) is 0 Å². The molecule has 3 aromatic rings. The summed E-state index contributed by atoms with van der Waals surface area (Å²) in [6.45, 7) is 6.46. The van der Waals surface area contributed by atoms with E-state index in [2.05, 4.69) is 60.8 Å². The molecular formula is C17H18N2S3. The third-order valence-corrected chi connectivity index (χ3v) is 6.39. The molecule has 0 atom stereocenters. The molecule has 0 unspecified atom stereocenters. The van der Waals surface area contributed by atoms with Crippen LogP contribution in [0.15, 0.2) is 39.4 Å². The van der Waals surface area contributed by atoms with Gasteiger partial charge >= 0.3 is 0 Å². The van der Waals surface area contributed by atoms with Crippen LogP contribution < -0.4 is 0 Å². The molecule has 0 amide bonds. The van der Waals surface area contributed by atoms with Gasteiger partial charge in [0.25, 0.3) is 0 Å². The van der Waals surface area contributed by atoms with Gasteiger partial charge in [-0.1, -0.05) is 55.4 Å². The van der Waals surface area contributed by atoms with Gasteiger partial charge in [0.05, 0.1) is 17.1 Å². The van der Waals surface area contributed by atoms with Crippen LogP contribution in [0.5, 0.6) is 0 Å². The molecule has 3 rings (SSSR count). The van der Waals surface area contributed by atoms with Crippen LogP contribution >= 0.6 is 34.4 Å². The number of benzene rings is 1. The lowest BCUT2D eigenvalue weighted by molar-refractivity contribution is 0.822. The zero-order chi connectivity index (χ0) is 15.5. The Hall–Kier alpha value is -1.17. The summed E-state index contributed by atoms with van der Waals surface area (Å²) < 4.78 is 1.13. The largest absolute Gasteiger partial charge is 0.240 e. The molecule has 1 aromatic carbocycles. The van der Waals surface area contributed by atoms with Crippen molar-refractivity contribution in [2.45, 2.75) is 36.8 Å². The average molecular weight is 347 g/mol. The van der Waals surface area contributed by atoms with Crippen molar-refractivity contribution >= 4 is 34.4 Å². The number of aromatic nitrogens is 2. The van der Waals surface area contributed by atoms with Crippen LogP contribution in [0.4, 0.5) is 0 Å². The molecule has 0 bridgehead atoms. The normalized spacial score (nSPS) is 11.3. The predicted octanol–water partition coefficient (Wildman–Crippen LogP) is 5.99. The predicted molar refractivity (Wildman–Crippen MR) is 98.1 cm³/mol. The molecule has 2 heterocycles. The Morgan fingerprint density at radius 1 is 1.05 bits per heavy atom. The van der Waals surface area contributed by atoms with Gasteiger partial charge in [-0.05, 0) is 12.8 Å². The smallest absolute Gasteiger partial charge is 0.150 e. The number of rotatable bonds is 5. The minimum atomic E-state index is 0.499. The third kappa shape index (κ3) is 3.77. The van der Waals surface area contributed by atoms with E-state index in [1.165, 1.54) is 16.8 Å². The van der Waals surface area contributed by atoms with E-state index in [9.17, 15) is 0 Å². The van der Waals surface area contributed by atoms with Crippen molar-refractivity contribution in [3.63, 3.8) is 0 Å². The van der Waals surface area contributed by atoms with Crippen LogP contribution in [-0.2, 0) is 5.75 Å². The van der Waals surface area contributed by atoms with E-state index in [1.54, 1.807) is 34.4 Å². The van der Waals surface area contributed by atoms with E-state index in [4.69, 9.17) is 4.98 Å². The molecule has 5 heteroatoms. The van der Waals surface area contributed by atoms with Crippen molar-refractivity contribution in [3.05, 3.63) is 51.3 Å². The first-order chi connectivity index (χ1) is 10.6. The molecule has 0 N–H and O–H groups in total. The molecule has 114 valence electrons. The number of aryl methyl sites for hydroxylation is 1. The second kappa shape index (κ2) is 6.94. The first-order valence-corrected chi connectivity index (χ1v) is 9.96. The van der Waals surface area contributed by atoms with E-state index in [-0.39, 0.29) is 0 Å². The van der Waals surface area contributed by atoms with E-state index < -0.39 is 0 Å². The van der Waals surface area contributed by atoms with Crippen LogP contribution in [-0.4, -0.2) is 9.97 Å². The lowest BCUT2D eigenvalue weighted by atomic mass is 10.1. The fourth-order valence-electron chi connectivity index (χ4n) is 1.96. The van der Waals surface area contributed by atoms with Crippen LogP contribution in [0.1, 0.15) is 36.0 Å². The zero-order valence-electron chi connectivity index (χ0n) is 12.9. The maximum Gasteiger partial charge on any atom is 0.150 e. The Morgan fingerprint density at radius 3 is 2.50 bits per heavy atom. The number of hydrogen-bond donors (Lipinski definition) is 0. The van der Waals surface area contributed by atoms with Gasteiger partial charge in [0.2, 0.25) is 0 Å². The van der Waals surface area contributed by atoms with Gasteiger partial charge in [-0.2, -0.15) is 0 Å². The summed E-state index contributed by atoms with van der Waals surface area (Å²) in [5.41, 5.74) is 4.73. The van der Waals surface area contributed by atoms with Gasteiger partial charge in [0.1, 0.15) is 5.01 Å². The fraction of sp³-hybridized carbons (Fsp3) is 0.294. The quantitative estimate of drug-likeness (QED) is 0.531. The summed E-state index contributed by atoms with van der Waals surface area (Å²) in [6.07, 6.45) is 0. The van der Waals surface area contributed by atoms with Gasteiger partial charge in [0, 0.05) is 16.3 Å². The topological polar surface area (TPSA) is 25.8 Å². The first kappa shape index (κ1) is 15.7. The molecular weight excluding hydrogens is 328 g/mol. The van der Waals surface area contributed by atoms with E-state index >= 15 is 0 Å². The molecule has 0 radical (unpaired) electrons. The van der Waals surface area contributed by atoms with Gasteiger partial charge < -0.3 is 0 Å². The van der Waals surface area contributed by atoms with Crippen molar-refractivity contribution in [2.75, 3.05) is 0 Å². The van der Waals surface area contributed by atoms with Crippen molar-refractivity contribution < 1.29 is 0 Å². The molecule has 0 saturated carbocycles. The second-order valence-electron chi connectivity index (χ2n) is 5.47. The molecule has 0 aliphatic carbocycles. The summed E-state index contributed by atoms with van der Waals surface area (Å²) in [6, 6.07) is 8.53. The Labute approximate surface area is 143 Å². The third-order valence-electron chi connectivity index (χ3n) is 3.31. The van der Waals surface area contributed by atoms with Crippen LogP contribution in [0.2, 0.25) is 0 Å². The average Bonchev–Trinajstić information content (AvgIpc) is 3.15. The van der Waals surface area contributed by atoms with Crippen LogP contribution in [0.25, 0.3) is 11.3 Å². The Balaban J connectivity index is 1.65. The molecule has 2 nitrogen and oxygen atoms in total. The van der Waals surface area contributed by atoms with Crippen LogP contribution in [0, 0.1) is 6.92 Å². The zero-order valence-corrected chi connectivity index (χ0v) is 15.3. The summed E-state index contributed by atoms with van der Waals surface area (Å²) in [4.78, 5) is 9.40. The lowest BCUT2D eigenvalue weighted by Gasteiger charge is -1.98. The maximum atomic E-state index is 4.74. The Morgan fingerprint density at radius 2 is 1.82 bits per heavy atom. The monoisotopic (exact) mass is 346 g/mol. The van der Waals surface area contributed by atoms with Crippen molar-refractivity contribution in [2.24, 2.45) is 0 Å². The first-order valence-electron chi connectivity index (χ1n) is 7.21. The SMILES string of the molecule is Cc1ccc(-c2csc(CSc3nc(C(C)C)cs3)n2)cc1. The lowest BCUT2D eigenvalue weighted by Crippen LogP contribution is -1.86. The van der Waals surface area contributed by atoms with Crippen molar-refractivity contribution in [3.8, 4) is 11.3 Å². The summed E-state index contributed by atoms with van der Waals surface area (Å²) in [5, 5.41) is 5.45. The second-order valence-corrected chi connectivity index (χ2v) is 8.50. The number of thiazole rings is 2. The molecule has 0 spiro atoms. The van der Waals surface area contributed by atoms with Crippen molar-refractivity contribution in [1.29, 1.82) is 0 Å². The summed E-state index contributed by atoms with van der Waals surface area (Å²) >= 11 is 5.23. The summed E-state index contributed by atoms with van der Waals surface area (Å²) in [7, 11) is 0. The van der Waals surface area contributed by atoms with Gasteiger partial charge in [-0.3, -0.25) is 0 Å². The highest BCUT2D eigenvalue weighted by Gasteiger charge is 2.09. The van der Waals surface area contributed by atoms with E-state index in [0.717, 1.165) is 20.8 Å². The summed E-state index contributed by atoms with van der Waals surface area (Å²) in [5.74, 6) is 1.39. The minimum absolute atomic E-state index is 0.499. The van der Waals surface area contributed by atoms with Crippen molar-refractivity contribution in [1.82, 2.24) is 9.97 Å². The minimum Gasteiger partial charge on any atom is -0.240 e. The fourth-order valence-corrected chi connectivity index (χ4v) is 4.77. The number of hydrogen-bond acceptors (Lipinski definition) is 5.